The fourth-order valence-corrected chi connectivity index (χ4v) is 2.63. The number of rotatable bonds is 8. The predicted octanol–water partition coefficient (Wildman–Crippen LogP) is 1.53. The molecule has 1 rings (SSSR count). The second-order valence-electron chi connectivity index (χ2n) is 4.28. The van der Waals surface area contributed by atoms with Crippen LogP contribution in [0.2, 0.25) is 0 Å². The average molecular weight is 284 g/mol. The fourth-order valence-electron chi connectivity index (χ4n) is 1.50. The van der Waals surface area contributed by atoms with Gasteiger partial charge >= 0.3 is 0 Å². The van der Waals surface area contributed by atoms with Crippen LogP contribution in [0.15, 0.2) is 36.9 Å². The zero-order chi connectivity index (χ0) is 14.3. The summed E-state index contributed by atoms with van der Waals surface area (Å²) in [5, 5.41) is 0. The van der Waals surface area contributed by atoms with Gasteiger partial charge in [-0.1, -0.05) is 6.08 Å². The largest absolute Gasteiger partial charge is 0.492 e. The molecule has 1 aromatic carbocycles. The molecule has 106 valence electrons. The van der Waals surface area contributed by atoms with E-state index in [1.165, 1.54) is 0 Å². The van der Waals surface area contributed by atoms with Gasteiger partial charge in [0.1, 0.15) is 12.4 Å². The van der Waals surface area contributed by atoms with Gasteiger partial charge < -0.3 is 10.5 Å². The van der Waals surface area contributed by atoms with Crippen molar-refractivity contribution in [1.82, 2.24) is 4.72 Å². The maximum atomic E-state index is 11.7. The predicted molar refractivity (Wildman–Crippen MR) is 77.5 cm³/mol. The lowest BCUT2D eigenvalue weighted by molar-refractivity contribution is 0.340. The Labute approximate surface area is 114 Å². The van der Waals surface area contributed by atoms with Crippen molar-refractivity contribution in [2.75, 3.05) is 18.1 Å². The third-order valence-electron chi connectivity index (χ3n) is 2.40. The lowest BCUT2D eigenvalue weighted by Crippen LogP contribution is -2.35. The van der Waals surface area contributed by atoms with E-state index >= 15 is 0 Å². The van der Waals surface area contributed by atoms with Crippen LogP contribution in [-0.4, -0.2) is 26.8 Å². The average Bonchev–Trinajstić information content (AvgIpc) is 2.31. The molecule has 0 aliphatic carbocycles. The molecule has 19 heavy (non-hydrogen) atoms. The number of anilines is 1. The van der Waals surface area contributed by atoms with Crippen LogP contribution in [0.1, 0.15) is 13.3 Å². The summed E-state index contributed by atoms with van der Waals surface area (Å²) in [5.41, 5.74) is 6.18. The number of nitrogens with one attached hydrogen (secondary N) is 1. The Bertz CT molecular complexity index is 497. The molecule has 0 spiro atoms. The van der Waals surface area contributed by atoms with Crippen molar-refractivity contribution in [2.45, 2.75) is 19.4 Å². The standard InChI is InChI=1S/C13H20N2O3S/c1-3-4-11(2)15-19(16,17)10-9-18-13-7-5-12(14)6-8-13/h3,5-8,11,15H,1,4,9-10,14H2,2H3. The van der Waals surface area contributed by atoms with E-state index in [2.05, 4.69) is 11.3 Å². The minimum atomic E-state index is -3.33. The minimum Gasteiger partial charge on any atom is -0.492 e. The molecular weight excluding hydrogens is 264 g/mol. The van der Waals surface area contributed by atoms with E-state index in [1.807, 2.05) is 0 Å². The molecule has 0 aromatic heterocycles. The third-order valence-corrected chi connectivity index (χ3v) is 3.87. The summed E-state index contributed by atoms with van der Waals surface area (Å²) in [7, 11) is -3.33. The lowest BCUT2D eigenvalue weighted by atomic mass is 10.3. The molecule has 1 unspecified atom stereocenters. The lowest BCUT2D eigenvalue weighted by Gasteiger charge is -2.12. The summed E-state index contributed by atoms with van der Waals surface area (Å²) in [6, 6.07) is 6.66. The molecule has 0 saturated heterocycles. The first kappa shape index (κ1) is 15.5. The maximum absolute atomic E-state index is 11.7. The van der Waals surface area contributed by atoms with E-state index in [9.17, 15) is 8.42 Å². The molecule has 0 heterocycles. The monoisotopic (exact) mass is 284 g/mol. The highest BCUT2D eigenvalue weighted by atomic mass is 32.2. The van der Waals surface area contributed by atoms with Gasteiger partial charge in [0.25, 0.3) is 0 Å². The molecule has 0 bridgehead atoms. The van der Waals surface area contributed by atoms with Crippen molar-refractivity contribution in [1.29, 1.82) is 0 Å². The van der Waals surface area contributed by atoms with Crippen LogP contribution in [0.25, 0.3) is 0 Å². The Morgan fingerprint density at radius 2 is 2.05 bits per heavy atom. The van der Waals surface area contributed by atoms with Crippen molar-refractivity contribution in [3.63, 3.8) is 0 Å². The van der Waals surface area contributed by atoms with Crippen LogP contribution < -0.4 is 15.2 Å². The fraction of sp³-hybridized carbons (Fsp3) is 0.385. The molecule has 1 atom stereocenters. The molecule has 0 aliphatic heterocycles. The smallest absolute Gasteiger partial charge is 0.215 e. The Hall–Kier alpha value is -1.53. The number of sulfonamides is 1. The molecule has 0 saturated carbocycles. The van der Waals surface area contributed by atoms with Gasteiger partial charge in [-0.2, -0.15) is 0 Å². The first-order valence-electron chi connectivity index (χ1n) is 6.02. The first-order valence-corrected chi connectivity index (χ1v) is 7.67. The molecule has 1 aromatic rings. The second-order valence-corrected chi connectivity index (χ2v) is 6.15. The summed E-state index contributed by atoms with van der Waals surface area (Å²) in [6.07, 6.45) is 2.27. The number of nitrogen functional groups attached to an aromatic ring is 1. The highest BCUT2D eigenvalue weighted by molar-refractivity contribution is 7.89. The highest BCUT2D eigenvalue weighted by Gasteiger charge is 2.13. The number of nitrogens with two attached hydrogens (primary N) is 1. The zero-order valence-corrected chi connectivity index (χ0v) is 11.8. The molecule has 3 N–H and O–H groups in total. The quantitative estimate of drug-likeness (QED) is 0.560. The number of benzene rings is 1. The van der Waals surface area contributed by atoms with Crippen LogP contribution in [0.5, 0.6) is 5.75 Å². The van der Waals surface area contributed by atoms with Crippen LogP contribution in [-0.2, 0) is 10.0 Å². The summed E-state index contributed by atoms with van der Waals surface area (Å²) in [4.78, 5) is 0. The van der Waals surface area contributed by atoms with Crippen molar-refractivity contribution < 1.29 is 13.2 Å². The van der Waals surface area contributed by atoms with Crippen molar-refractivity contribution >= 4 is 15.7 Å². The zero-order valence-electron chi connectivity index (χ0n) is 11.0. The summed E-state index contributed by atoms with van der Waals surface area (Å²) >= 11 is 0. The molecular formula is C13H20N2O3S. The second kappa shape index (κ2) is 7.16. The Morgan fingerprint density at radius 1 is 1.42 bits per heavy atom. The van der Waals surface area contributed by atoms with Gasteiger partial charge in [-0.05, 0) is 37.6 Å². The normalized spacial score (nSPS) is 12.9. The van der Waals surface area contributed by atoms with Gasteiger partial charge in [0, 0.05) is 11.7 Å². The van der Waals surface area contributed by atoms with Gasteiger partial charge in [0.15, 0.2) is 0 Å². The third kappa shape index (κ3) is 6.26. The van der Waals surface area contributed by atoms with E-state index in [0.29, 0.717) is 17.9 Å². The molecule has 5 nitrogen and oxygen atoms in total. The van der Waals surface area contributed by atoms with Gasteiger partial charge in [-0.25, -0.2) is 13.1 Å². The van der Waals surface area contributed by atoms with Crippen LogP contribution >= 0.6 is 0 Å². The number of hydrogen-bond acceptors (Lipinski definition) is 4. The van der Waals surface area contributed by atoms with E-state index in [1.54, 1.807) is 37.3 Å². The van der Waals surface area contributed by atoms with Crippen molar-refractivity contribution in [3.05, 3.63) is 36.9 Å². The SMILES string of the molecule is C=CCC(C)NS(=O)(=O)CCOc1ccc(N)cc1. The summed E-state index contributed by atoms with van der Waals surface area (Å²) in [6.45, 7) is 5.46. The topological polar surface area (TPSA) is 81.4 Å². The Morgan fingerprint density at radius 3 is 2.63 bits per heavy atom. The highest BCUT2D eigenvalue weighted by Crippen LogP contribution is 2.12. The van der Waals surface area contributed by atoms with Crippen molar-refractivity contribution in [2.24, 2.45) is 0 Å². The van der Waals surface area contributed by atoms with Gasteiger partial charge in [0.05, 0.1) is 5.75 Å². The van der Waals surface area contributed by atoms with Crippen LogP contribution in [0.4, 0.5) is 5.69 Å². The van der Waals surface area contributed by atoms with E-state index in [-0.39, 0.29) is 18.4 Å². The van der Waals surface area contributed by atoms with E-state index in [4.69, 9.17) is 10.5 Å². The van der Waals surface area contributed by atoms with E-state index < -0.39 is 10.0 Å². The summed E-state index contributed by atoms with van der Waals surface area (Å²) < 4.78 is 31.3. The van der Waals surface area contributed by atoms with Gasteiger partial charge in [-0.15, -0.1) is 6.58 Å². The van der Waals surface area contributed by atoms with Crippen LogP contribution in [0.3, 0.4) is 0 Å². The van der Waals surface area contributed by atoms with Crippen LogP contribution in [0, 0.1) is 0 Å². The van der Waals surface area contributed by atoms with E-state index in [0.717, 1.165) is 0 Å². The molecule has 0 fully saturated rings. The number of hydrogen-bond donors (Lipinski definition) is 2. The van der Waals surface area contributed by atoms with Crippen molar-refractivity contribution in [3.8, 4) is 5.75 Å². The Kier molecular flexibility index (Phi) is 5.85. The Balaban J connectivity index is 2.39. The molecule has 0 amide bonds. The molecule has 0 radical (unpaired) electrons. The molecule has 6 heteroatoms. The number of ether oxygens (including phenoxy) is 1. The summed E-state index contributed by atoms with van der Waals surface area (Å²) in [5.74, 6) is 0.516. The van der Waals surface area contributed by atoms with Gasteiger partial charge in [-0.3, -0.25) is 0 Å². The first-order chi connectivity index (χ1) is 8.93. The maximum Gasteiger partial charge on any atom is 0.215 e. The van der Waals surface area contributed by atoms with Gasteiger partial charge in [0.2, 0.25) is 10.0 Å². The minimum absolute atomic E-state index is 0.0845. The molecule has 0 aliphatic rings.